The Kier molecular flexibility index (Phi) is 6.27. The molecule has 4 rings (SSSR count). The Bertz CT molecular complexity index is 971. The van der Waals surface area contributed by atoms with Gasteiger partial charge >= 0.3 is 0 Å². The van der Waals surface area contributed by atoms with Gasteiger partial charge in [-0.25, -0.2) is 0 Å². The fraction of sp³-hybridized carbons (Fsp3) is 0.318. The number of hydrogen-bond donors (Lipinski definition) is 1. The Labute approximate surface area is 180 Å². The molecule has 1 aliphatic rings. The van der Waals surface area contributed by atoms with Crippen molar-refractivity contribution in [2.45, 2.75) is 44.4 Å². The molecule has 0 unspecified atom stereocenters. The minimum Gasteiger partial charge on any atom is -0.489 e. The highest BCUT2D eigenvalue weighted by Gasteiger charge is 2.23. The van der Waals surface area contributed by atoms with E-state index >= 15 is 0 Å². The normalized spacial score (nSPS) is 19.7. The molecule has 1 aliphatic carbocycles. The number of nitrogens with zero attached hydrogens (tertiary/aromatic N) is 1. The van der Waals surface area contributed by atoms with Gasteiger partial charge in [-0.3, -0.25) is 4.98 Å². The maximum atomic E-state index is 6.41. The fourth-order valence-corrected chi connectivity index (χ4v) is 4.35. The fourth-order valence-electron chi connectivity index (χ4n) is 3.66. The van der Waals surface area contributed by atoms with Crippen molar-refractivity contribution in [2.75, 3.05) is 0 Å². The minimum atomic E-state index is 0.189. The first-order chi connectivity index (χ1) is 13.6. The van der Waals surface area contributed by atoms with Gasteiger partial charge in [0.2, 0.25) is 0 Å². The van der Waals surface area contributed by atoms with Crippen LogP contribution in [0.2, 0.25) is 15.1 Å². The second kappa shape index (κ2) is 8.87. The lowest BCUT2D eigenvalue weighted by molar-refractivity contribution is 0.139. The molecule has 2 aromatic carbocycles. The molecule has 1 aromatic heterocycles. The molecule has 0 saturated heterocycles. The average molecular weight is 436 g/mol. The number of fused-ring (bicyclic) bond motifs is 1. The quantitative estimate of drug-likeness (QED) is 0.485. The summed E-state index contributed by atoms with van der Waals surface area (Å²) in [6.07, 6.45) is 7.90. The molecule has 1 N–H and O–H groups in total. The van der Waals surface area contributed by atoms with Crippen molar-refractivity contribution in [3.8, 4) is 5.75 Å². The summed E-state index contributed by atoms with van der Waals surface area (Å²) in [7, 11) is 0. The standard InChI is InChI=1S/C22H21Cl3N2O/c23-17-2-1-15(20(24)11-17)13-27-18-3-5-19(6-4-18)28-22-10-14-7-8-26-12-16(14)9-21(22)25/h1-2,7-12,18-19,27H,3-6,13H2/t18-,19-. The van der Waals surface area contributed by atoms with Crippen LogP contribution in [0, 0.1) is 0 Å². The summed E-state index contributed by atoms with van der Waals surface area (Å²) in [6.45, 7) is 0.747. The molecule has 0 aliphatic heterocycles. The molecular weight excluding hydrogens is 415 g/mol. The van der Waals surface area contributed by atoms with Crippen molar-refractivity contribution in [2.24, 2.45) is 0 Å². The zero-order valence-electron chi connectivity index (χ0n) is 15.3. The van der Waals surface area contributed by atoms with E-state index in [1.54, 1.807) is 12.3 Å². The Morgan fingerprint density at radius 2 is 1.75 bits per heavy atom. The van der Waals surface area contributed by atoms with Crippen LogP contribution in [-0.4, -0.2) is 17.1 Å². The monoisotopic (exact) mass is 434 g/mol. The molecule has 6 heteroatoms. The smallest absolute Gasteiger partial charge is 0.138 e. The molecule has 1 heterocycles. The summed E-state index contributed by atoms with van der Waals surface area (Å²) in [4.78, 5) is 4.14. The first-order valence-corrected chi connectivity index (χ1v) is 10.6. The van der Waals surface area contributed by atoms with Gasteiger partial charge in [-0.15, -0.1) is 0 Å². The predicted octanol–water partition coefficient (Wildman–Crippen LogP) is 6.67. The van der Waals surface area contributed by atoms with E-state index in [1.165, 1.54) is 0 Å². The molecular formula is C22H21Cl3N2O. The molecule has 0 bridgehead atoms. The molecule has 0 atom stereocenters. The Balaban J connectivity index is 1.31. The Morgan fingerprint density at radius 1 is 0.929 bits per heavy atom. The van der Waals surface area contributed by atoms with Gasteiger partial charge in [-0.2, -0.15) is 0 Å². The lowest BCUT2D eigenvalue weighted by Crippen LogP contribution is -2.36. The number of nitrogens with one attached hydrogen (secondary N) is 1. The van der Waals surface area contributed by atoms with Crippen LogP contribution in [0.4, 0.5) is 0 Å². The van der Waals surface area contributed by atoms with Crippen LogP contribution in [0.1, 0.15) is 31.2 Å². The van der Waals surface area contributed by atoms with E-state index in [0.717, 1.165) is 54.3 Å². The molecule has 0 spiro atoms. The van der Waals surface area contributed by atoms with Gasteiger partial charge in [0, 0.05) is 40.4 Å². The minimum absolute atomic E-state index is 0.189. The summed E-state index contributed by atoms with van der Waals surface area (Å²) >= 11 is 18.6. The second-order valence-electron chi connectivity index (χ2n) is 7.21. The van der Waals surface area contributed by atoms with Gasteiger partial charge in [0.1, 0.15) is 5.75 Å². The number of benzene rings is 2. The lowest BCUT2D eigenvalue weighted by atomic mass is 9.92. The Hall–Kier alpha value is -1.52. The van der Waals surface area contributed by atoms with Crippen molar-refractivity contribution in [1.82, 2.24) is 10.3 Å². The average Bonchev–Trinajstić information content (AvgIpc) is 2.69. The Morgan fingerprint density at radius 3 is 2.54 bits per heavy atom. The van der Waals surface area contributed by atoms with E-state index in [4.69, 9.17) is 39.5 Å². The number of halogens is 3. The van der Waals surface area contributed by atoms with Crippen molar-refractivity contribution in [3.05, 3.63) is 69.4 Å². The van der Waals surface area contributed by atoms with Crippen LogP contribution < -0.4 is 10.1 Å². The lowest BCUT2D eigenvalue weighted by Gasteiger charge is -2.30. The SMILES string of the molecule is Clc1ccc(CN[C@H]2CC[C@H](Oc3cc4ccncc4cc3Cl)CC2)c(Cl)c1. The number of ether oxygens (including phenoxy) is 1. The van der Waals surface area contributed by atoms with Crippen LogP contribution in [0.15, 0.2) is 48.8 Å². The second-order valence-corrected chi connectivity index (χ2v) is 8.46. The number of aromatic nitrogens is 1. The van der Waals surface area contributed by atoms with Gasteiger partial charge in [-0.05, 0) is 67.0 Å². The molecule has 0 amide bonds. The predicted molar refractivity (Wildman–Crippen MR) is 117 cm³/mol. The van der Waals surface area contributed by atoms with Gasteiger partial charge < -0.3 is 10.1 Å². The topological polar surface area (TPSA) is 34.1 Å². The van der Waals surface area contributed by atoms with E-state index in [2.05, 4.69) is 10.3 Å². The van der Waals surface area contributed by atoms with Crippen LogP contribution in [0.3, 0.4) is 0 Å². The summed E-state index contributed by atoms with van der Waals surface area (Å²) < 4.78 is 6.22. The molecule has 28 heavy (non-hydrogen) atoms. The molecule has 1 saturated carbocycles. The van der Waals surface area contributed by atoms with Crippen LogP contribution in [0.25, 0.3) is 10.8 Å². The highest BCUT2D eigenvalue weighted by molar-refractivity contribution is 6.35. The van der Waals surface area contributed by atoms with Crippen LogP contribution in [0.5, 0.6) is 5.75 Å². The first-order valence-electron chi connectivity index (χ1n) is 9.46. The van der Waals surface area contributed by atoms with E-state index in [-0.39, 0.29) is 6.10 Å². The zero-order valence-corrected chi connectivity index (χ0v) is 17.6. The van der Waals surface area contributed by atoms with E-state index in [0.29, 0.717) is 21.1 Å². The summed E-state index contributed by atoms with van der Waals surface area (Å²) in [5, 5.41) is 7.72. The third-order valence-corrected chi connectivity index (χ3v) is 6.14. The number of pyridine rings is 1. The van der Waals surface area contributed by atoms with E-state index in [9.17, 15) is 0 Å². The largest absolute Gasteiger partial charge is 0.489 e. The summed E-state index contributed by atoms with van der Waals surface area (Å²) in [5.41, 5.74) is 1.07. The van der Waals surface area contributed by atoms with E-state index < -0.39 is 0 Å². The van der Waals surface area contributed by atoms with Crippen molar-refractivity contribution in [1.29, 1.82) is 0 Å². The first kappa shape index (κ1) is 19.8. The highest BCUT2D eigenvalue weighted by atomic mass is 35.5. The van der Waals surface area contributed by atoms with Crippen molar-refractivity contribution in [3.63, 3.8) is 0 Å². The van der Waals surface area contributed by atoms with Crippen molar-refractivity contribution < 1.29 is 4.74 Å². The number of rotatable bonds is 5. The molecule has 3 nitrogen and oxygen atoms in total. The zero-order chi connectivity index (χ0) is 19.5. The van der Waals surface area contributed by atoms with Gasteiger partial charge in [-0.1, -0.05) is 40.9 Å². The van der Waals surface area contributed by atoms with Crippen LogP contribution >= 0.6 is 34.8 Å². The summed E-state index contributed by atoms with van der Waals surface area (Å²) in [5.74, 6) is 0.754. The van der Waals surface area contributed by atoms with Crippen LogP contribution in [-0.2, 0) is 6.54 Å². The molecule has 0 radical (unpaired) electrons. The molecule has 1 fully saturated rings. The maximum absolute atomic E-state index is 6.41. The third-order valence-electron chi connectivity index (χ3n) is 5.26. The maximum Gasteiger partial charge on any atom is 0.138 e. The van der Waals surface area contributed by atoms with Crippen molar-refractivity contribution >= 4 is 45.6 Å². The highest BCUT2D eigenvalue weighted by Crippen LogP contribution is 2.33. The number of hydrogen-bond acceptors (Lipinski definition) is 3. The van der Waals surface area contributed by atoms with E-state index in [1.807, 2.05) is 36.5 Å². The molecule has 3 aromatic rings. The van der Waals surface area contributed by atoms with Gasteiger partial charge in [0.15, 0.2) is 0 Å². The molecule has 146 valence electrons. The third kappa shape index (κ3) is 4.72. The van der Waals surface area contributed by atoms with Gasteiger partial charge in [0.05, 0.1) is 11.1 Å². The summed E-state index contributed by atoms with van der Waals surface area (Å²) in [6, 6.07) is 12.0. The van der Waals surface area contributed by atoms with Gasteiger partial charge in [0.25, 0.3) is 0 Å².